The molecule has 0 atom stereocenters. The topological polar surface area (TPSA) is 113 Å². The zero-order valence-electron chi connectivity index (χ0n) is 19.4. The summed E-state index contributed by atoms with van der Waals surface area (Å²) in [6.07, 6.45) is 1.58. The number of hydrogen-bond acceptors (Lipinski definition) is 8. The van der Waals surface area contributed by atoms with E-state index in [4.69, 9.17) is 20.0 Å². The molecule has 9 heteroatoms. The molecule has 0 aliphatic heterocycles. The fourth-order valence-corrected chi connectivity index (χ4v) is 4.73. The van der Waals surface area contributed by atoms with Crippen molar-refractivity contribution in [2.45, 2.75) is 19.9 Å². The van der Waals surface area contributed by atoms with E-state index in [1.165, 1.54) is 11.3 Å². The quantitative estimate of drug-likeness (QED) is 0.215. The van der Waals surface area contributed by atoms with Crippen LogP contribution in [0.25, 0.3) is 32.6 Å². The first kappa shape index (κ1) is 22.5. The third-order valence-electron chi connectivity index (χ3n) is 5.58. The summed E-state index contributed by atoms with van der Waals surface area (Å²) < 4.78 is 12.1. The van der Waals surface area contributed by atoms with Crippen molar-refractivity contribution in [3.8, 4) is 28.1 Å². The first-order valence-corrected chi connectivity index (χ1v) is 11.8. The van der Waals surface area contributed by atoms with Crippen LogP contribution in [0.3, 0.4) is 0 Å². The third kappa shape index (κ3) is 4.33. The van der Waals surface area contributed by atoms with Gasteiger partial charge in [0, 0.05) is 16.8 Å². The van der Waals surface area contributed by atoms with Gasteiger partial charge in [0.2, 0.25) is 5.27 Å². The highest BCUT2D eigenvalue weighted by molar-refractivity contribution is 7.21. The van der Waals surface area contributed by atoms with Crippen LogP contribution in [-0.4, -0.2) is 23.3 Å². The molecule has 3 aromatic heterocycles. The van der Waals surface area contributed by atoms with Gasteiger partial charge in [-0.1, -0.05) is 30.3 Å². The lowest BCUT2D eigenvalue weighted by molar-refractivity contribution is -0.779. The lowest BCUT2D eigenvalue weighted by Gasteiger charge is -2.10. The second-order valence-electron chi connectivity index (χ2n) is 8.21. The average Bonchev–Trinajstić information content (AvgIpc) is 3.49. The summed E-state index contributed by atoms with van der Waals surface area (Å²) in [5.74, 6) is 0.387. The molecule has 176 valence electrons. The summed E-state index contributed by atoms with van der Waals surface area (Å²) in [5.41, 5.74) is 10.4. The molecular weight excluding hydrogens is 462 g/mol. The smallest absolute Gasteiger partial charge is 0.320 e. The highest BCUT2D eigenvalue weighted by Gasteiger charge is 2.19. The number of pyridine rings is 1. The summed E-state index contributed by atoms with van der Waals surface area (Å²) in [6.45, 7) is 3.91. The van der Waals surface area contributed by atoms with E-state index in [1.807, 2.05) is 74.5 Å². The molecule has 3 heterocycles. The van der Waals surface area contributed by atoms with Crippen LogP contribution in [0, 0.1) is 0 Å². The van der Waals surface area contributed by atoms with Gasteiger partial charge in [-0.25, -0.2) is 9.98 Å². The Morgan fingerprint density at radius 1 is 1.11 bits per heavy atom. The lowest BCUT2D eigenvalue weighted by Crippen LogP contribution is -2.36. The Bertz CT molecular complexity index is 1520. The van der Waals surface area contributed by atoms with E-state index in [0.717, 1.165) is 33.5 Å². The Labute approximate surface area is 205 Å². The second-order valence-corrected chi connectivity index (χ2v) is 9.20. The standard InChI is InChI=1S/C26H23N5O3S/c1-15(2)31-14-21(34-30-31)29-25(32)24-23(27)22-19(16-7-5-4-6-8-16)13-20(28-26(22)35-24)17-9-11-18(33-3)12-10-17/h4-15H,1-3H3,(H2-,27,29,30,32). The number of nitrogen functional groups attached to an aromatic ring is 1. The van der Waals surface area contributed by atoms with E-state index in [2.05, 4.69) is 10.3 Å². The number of methoxy groups -OCH3 is 1. The van der Waals surface area contributed by atoms with Crippen molar-refractivity contribution in [1.29, 1.82) is 0 Å². The summed E-state index contributed by atoms with van der Waals surface area (Å²) in [6, 6.07) is 19.7. The molecule has 0 spiro atoms. The maximum absolute atomic E-state index is 13.1. The third-order valence-corrected chi connectivity index (χ3v) is 6.66. The second kappa shape index (κ2) is 9.19. The Morgan fingerprint density at radius 2 is 1.86 bits per heavy atom. The number of rotatable bonds is 6. The van der Waals surface area contributed by atoms with Crippen molar-refractivity contribution in [3.63, 3.8) is 0 Å². The zero-order valence-corrected chi connectivity index (χ0v) is 20.2. The van der Waals surface area contributed by atoms with Gasteiger partial charge in [0.15, 0.2) is 6.04 Å². The van der Waals surface area contributed by atoms with Crippen molar-refractivity contribution in [2.75, 3.05) is 12.8 Å². The minimum atomic E-state index is -0.498. The summed E-state index contributed by atoms with van der Waals surface area (Å²) >= 11 is 1.22. The zero-order chi connectivity index (χ0) is 24.5. The number of benzene rings is 2. The van der Waals surface area contributed by atoms with Crippen molar-refractivity contribution in [2.24, 2.45) is 4.99 Å². The fourth-order valence-electron chi connectivity index (χ4n) is 3.73. The number of anilines is 1. The van der Waals surface area contributed by atoms with Gasteiger partial charge in [-0.05, 0) is 60.0 Å². The van der Waals surface area contributed by atoms with Gasteiger partial charge in [-0.3, -0.25) is 4.52 Å². The Hall–Kier alpha value is -4.24. The molecule has 35 heavy (non-hydrogen) atoms. The van der Waals surface area contributed by atoms with Crippen molar-refractivity contribution < 1.29 is 19.0 Å². The van der Waals surface area contributed by atoms with Crippen LogP contribution in [0.2, 0.25) is 0 Å². The van der Waals surface area contributed by atoms with E-state index >= 15 is 0 Å². The molecule has 0 unspecified atom stereocenters. The molecule has 5 aromatic rings. The van der Waals surface area contributed by atoms with Crippen molar-refractivity contribution >= 4 is 39.0 Å². The maximum atomic E-state index is 13.1. The van der Waals surface area contributed by atoms with Crippen LogP contribution in [-0.2, 0) is 0 Å². The number of nitrogens with zero attached hydrogens (tertiary/aromatic N) is 4. The van der Waals surface area contributed by atoms with E-state index < -0.39 is 5.90 Å². The molecule has 0 saturated carbocycles. The largest absolute Gasteiger partial charge is 0.857 e. The van der Waals surface area contributed by atoms with E-state index in [0.29, 0.717) is 15.4 Å². The predicted octanol–water partition coefficient (Wildman–Crippen LogP) is 4.52. The summed E-state index contributed by atoms with van der Waals surface area (Å²) in [7, 11) is 1.63. The van der Waals surface area contributed by atoms with Crippen LogP contribution >= 0.6 is 11.3 Å². The van der Waals surface area contributed by atoms with E-state index in [9.17, 15) is 5.11 Å². The molecule has 2 N–H and O–H groups in total. The Kier molecular flexibility index (Phi) is 5.92. The molecule has 0 saturated heterocycles. The fraction of sp³-hybridized carbons (Fsp3) is 0.154. The van der Waals surface area contributed by atoms with Gasteiger partial charge in [0.25, 0.3) is 6.20 Å². The first-order valence-electron chi connectivity index (χ1n) is 11.0. The highest BCUT2D eigenvalue weighted by atomic mass is 32.1. The molecule has 0 aliphatic rings. The number of thiophene rings is 1. The number of aliphatic imine (C=N–C) groups is 1. The molecule has 0 bridgehead atoms. The number of hydrogen-bond donors (Lipinski definition) is 1. The van der Waals surface area contributed by atoms with E-state index in [1.54, 1.807) is 18.0 Å². The van der Waals surface area contributed by atoms with Gasteiger partial charge < -0.3 is 15.6 Å². The van der Waals surface area contributed by atoms with E-state index in [-0.39, 0.29) is 11.9 Å². The average molecular weight is 486 g/mol. The normalized spacial score (nSPS) is 11.9. The monoisotopic (exact) mass is 485 g/mol. The molecule has 2 aromatic carbocycles. The van der Waals surface area contributed by atoms with Crippen LogP contribution in [0.5, 0.6) is 5.75 Å². The molecule has 0 amide bonds. The maximum Gasteiger partial charge on any atom is 0.320 e. The van der Waals surface area contributed by atoms with Gasteiger partial charge >= 0.3 is 5.88 Å². The van der Waals surface area contributed by atoms with Gasteiger partial charge in [0.1, 0.15) is 10.6 Å². The Balaban J connectivity index is 1.67. The molecule has 8 nitrogen and oxygen atoms in total. The van der Waals surface area contributed by atoms with Crippen LogP contribution in [0.15, 0.2) is 76.4 Å². The highest BCUT2D eigenvalue weighted by Crippen LogP contribution is 2.41. The predicted molar refractivity (Wildman–Crippen MR) is 135 cm³/mol. The van der Waals surface area contributed by atoms with Crippen LogP contribution in [0.4, 0.5) is 11.6 Å². The van der Waals surface area contributed by atoms with Crippen molar-refractivity contribution in [3.05, 3.63) is 71.7 Å². The lowest BCUT2D eigenvalue weighted by atomic mass is 9.99. The van der Waals surface area contributed by atoms with Gasteiger partial charge in [-0.15, -0.1) is 11.3 Å². The first-order chi connectivity index (χ1) is 16.9. The van der Waals surface area contributed by atoms with Crippen LogP contribution in [0.1, 0.15) is 24.8 Å². The summed E-state index contributed by atoms with van der Waals surface area (Å²) in [5, 5.41) is 17.7. The minimum absolute atomic E-state index is 0.0844. The molecule has 0 radical (unpaired) electrons. The van der Waals surface area contributed by atoms with Gasteiger partial charge in [-0.2, -0.15) is 0 Å². The van der Waals surface area contributed by atoms with Crippen molar-refractivity contribution in [1.82, 2.24) is 10.3 Å². The number of ether oxygens (including phenoxy) is 1. The van der Waals surface area contributed by atoms with Gasteiger partial charge in [0.05, 0.1) is 23.4 Å². The molecule has 0 fully saturated rings. The number of fused-ring (bicyclic) bond motifs is 1. The molecule has 0 aliphatic carbocycles. The SMILES string of the molecule is COc1ccc(-c2cc(-c3ccccc3)c3c(N)c(/C([O-])=N/c4c[n+](C(C)C)no4)sc3n2)cc1. The van der Waals surface area contributed by atoms with Crippen LogP contribution < -0.4 is 20.3 Å². The summed E-state index contributed by atoms with van der Waals surface area (Å²) in [4.78, 5) is 9.90. The molecule has 5 rings (SSSR count). The minimum Gasteiger partial charge on any atom is -0.857 e. The number of aromatic nitrogens is 3. The number of nitrogens with two attached hydrogens (primary N) is 1. The Morgan fingerprint density at radius 3 is 2.51 bits per heavy atom. The molecular formula is C26H23N5O3S.